The summed E-state index contributed by atoms with van der Waals surface area (Å²) in [5.74, 6) is -0.101. The molecule has 3 aromatic carbocycles. The molecule has 1 heterocycles. The summed E-state index contributed by atoms with van der Waals surface area (Å²) in [4.78, 5) is 13.7. The monoisotopic (exact) mass is 398 g/mol. The molecule has 0 aliphatic carbocycles. The lowest BCUT2D eigenvalue weighted by molar-refractivity contribution is 0.102. The van der Waals surface area contributed by atoms with Gasteiger partial charge in [0.2, 0.25) is 0 Å². The number of amides is 1. The summed E-state index contributed by atoms with van der Waals surface area (Å²) in [5.41, 5.74) is 3.83. The largest absolute Gasteiger partial charge is 0.322 e. The van der Waals surface area contributed by atoms with Crippen LogP contribution in [-0.4, -0.2) is 5.91 Å². The van der Waals surface area contributed by atoms with Crippen molar-refractivity contribution in [1.29, 1.82) is 0 Å². The van der Waals surface area contributed by atoms with Crippen molar-refractivity contribution in [2.75, 3.05) is 5.32 Å². The molecule has 0 spiro atoms. The fourth-order valence-corrected chi connectivity index (χ4v) is 4.03. The van der Waals surface area contributed by atoms with Crippen LogP contribution in [0.1, 0.15) is 32.4 Å². The smallest absolute Gasteiger partial charge is 0.255 e. The van der Waals surface area contributed by atoms with Crippen LogP contribution in [0.2, 0.25) is 0 Å². The molecule has 0 unspecified atom stereocenters. The van der Waals surface area contributed by atoms with Gasteiger partial charge in [0.1, 0.15) is 0 Å². The molecule has 29 heavy (non-hydrogen) atoms. The van der Waals surface area contributed by atoms with Crippen molar-refractivity contribution in [3.63, 3.8) is 0 Å². The quantitative estimate of drug-likeness (QED) is 0.408. The maximum atomic E-state index is 12.4. The zero-order valence-electron chi connectivity index (χ0n) is 15.9. The molecule has 0 saturated carbocycles. The fraction of sp³-hybridized carbons (Fsp3) is 0.0800. The highest BCUT2D eigenvalue weighted by Crippen LogP contribution is 2.26. The van der Waals surface area contributed by atoms with Gasteiger partial charge in [-0.1, -0.05) is 66.7 Å². The molecule has 4 heteroatoms. The van der Waals surface area contributed by atoms with Gasteiger partial charge in [0.15, 0.2) is 0 Å². The van der Waals surface area contributed by atoms with E-state index in [-0.39, 0.29) is 11.9 Å². The van der Waals surface area contributed by atoms with Gasteiger partial charge in [-0.2, -0.15) is 0 Å². The van der Waals surface area contributed by atoms with Crippen LogP contribution in [0.15, 0.2) is 102 Å². The molecule has 1 amide bonds. The first kappa shape index (κ1) is 19.1. The molecule has 0 aliphatic rings. The normalized spacial score (nSPS) is 11.7. The van der Waals surface area contributed by atoms with Crippen molar-refractivity contribution in [1.82, 2.24) is 5.32 Å². The van der Waals surface area contributed by atoms with Gasteiger partial charge in [0.05, 0.1) is 6.04 Å². The van der Waals surface area contributed by atoms with Crippen LogP contribution in [0.4, 0.5) is 5.69 Å². The number of para-hydroxylation sites is 1. The Morgan fingerprint density at radius 3 is 2.14 bits per heavy atom. The Labute approximate surface area is 175 Å². The van der Waals surface area contributed by atoms with Crippen molar-refractivity contribution >= 4 is 22.9 Å². The zero-order valence-corrected chi connectivity index (χ0v) is 16.7. The Morgan fingerprint density at radius 2 is 1.48 bits per heavy atom. The Hall–Kier alpha value is -3.21. The van der Waals surface area contributed by atoms with Gasteiger partial charge >= 0.3 is 0 Å². The van der Waals surface area contributed by atoms with Crippen molar-refractivity contribution in [2.24, 2.45) is 0 Å². The molecular formula is C25H22N2OS. The minimum atomic E-state index is -0.101. The summed E-state index contributed by atoms with van der Waals surface area (Å²) in [6, 6.07) is 32.1. The summed E-state index contributed by atoms with van der Waals surface area (Å²) in [7, 11) is 0. The predicted octanol–water partition coefficient (Wildman–Crippen LogP) is 5.88. The highest BCUT2D eigenvalue weighted by molar-refractivity contribution is 7.10. The molecule has 144 valence electrons. The van der Waals surface area contributed by atoms with E-state index < -0.39 is 0 Å². The van der Waals surface area contributed by atoms with E-state index in [1.165, 1.54) is 10.4 Å². The zero-order chi connectivity index (χ0) is 19.9. The molecule has 1 aromatic heterocycles. The van der Waals surface area contributed by atoms with Gasteiger partial charge in [-0.25, -0.2) is 0 Å². The van der Waals surface area contributed by atoms with Crippen molar-refractivity contribution in [3.8, 4) is 0 Å². The van der Waals surface area contributed by atoms with Gasteiger partial charge in [0.25, 0.3) is 5.91 Å². The van der Waals surface area contributed by atoms with E-state index >= 15 is 0 Å². The third-order valence-corrected chi connectivity index (χ3v) is 5.66. The Balaban J connectivity index is 1.42. The van der Waals surface area contributed by atoms with Gasteiger partial charge in [0, 0.05) is 22.7 Å². The van der Waals surface area contributed by atoms with Crippen LogP contribution < -0.4 is 10.6 Å². The molecule has 2 N–H and O–H groups in total. The fourth-order valence-electron chi connectivity index (χ4n) is 3.20. The third kappa shape index (κ3) is 4.99. The number of hydrogen-bond acceptors (Lipinski definition) is 3. The van der Waals surface area contributed by atoms with Gasteiger partial charge in [-0.3, -0.25) is 4.79 Å². The third-order valence-electron chi connectivity index (χ3n) is 4.72. The van der Waals surface area contributed by atoms with Gasteiger partial charge in [-0.05, 0) is 46.8 Å². The number of anilines is 1. The summed E-state index contributed by atoms with van der Waals surface area (Å²) in [6.45, 7) is 0.720. The number of nitrogens with one attached hydrogen (secondary N) is 2. The maximum absolute atomic E-state index is 12.4. The van der Waals surface area contributed by atoms with E-state index in [9.17, 15) is 4.79 Å². The summed E-state index contributed by atoms with van der Waals surface area (Å²) in [6.07, 6.45) is 0. The average molecular weight is 399 g/mol. The molecule has 0 bridgehead atoms. The van der Waals surface area contributed by atoms with E-state index in [0.717, 1.165) is 17.8 Å². The van der Waals surface area contributed by atoms with Crippen molar-refractivity contribution in [3.05, 3.63) is 124 Å². The van der Waals surface area contributed by atoms with Gasteiger partial charge < -0.3 is 10.6 Å². The molecule has 0 aliphatic heterocycles. The van der Waals surface area contributed by atoms with Gasteiger partial charge in [-0.15, -0.1) is 11.3 Å². The first-order valence-corrected chi connectivity index (χ1v) is 10.4. The Morgan fingerprint density at radius 1 is 0.793 bits per heavy atom. The number of carbonyl (C=O) groups is 1. The first-order chi connectivity index (χ1) is 14.3. The molecule has 3 nitrogen and oxygen atoms in total. The molecule has 0 fully saturated rings. The highest BCUT2D eigenvalue weighted by atomic mass is 32.1. The van der Waals surface area contributed by atoms with Crippen molar-refractivity contribution < 1.29 is 4.79 Å². The lowest BCUT2D eigenvalue weighted by Gasteiger charge is -2.18. The summed E-state index contributed by atoms with van der Waals surface area (Å²) >= 11 is 1.75. The second-order valence-electron chi connectivity index (χ2n) is 6.76. The average Bonchev–Trinajstić information content (AvgIpc) is 3.30. The van der Waals surface area contributed by atoms with Crippen LogP contribution in [0.5, 0.6) is 0 Å². The van der Waals surface area contributed by atoms with E-state index in [0.29, 0.717) is 5.56 Å². The highest BCUT2D eigenvalue weighted by Gasteiger charge is 2.14. The second kappa shape index (κ2) is 9.32. The molecule has 0 saturated heterocycles. The van der Waals surface area contributed by atoms with Crippen molar-refractivity contribution in [2.45, 2.75) is 12.6 Å². The summed E-state index contributed by atoms with van der Waals surface area (Å²) < 4.78 is 0. The second-order valence-corrected chi connectivity index (χ2v) is 7.74. The van der Waals surface area contributed by atoms with E-state index in [4.69, 9.17) is 0 Å². The minimum Gasteiger partial charge on any atom is -0.322 e. The number of rotatable bonds is 7. The van der Waals surface area contributed by atoms with E-state index in [1.54, 1.807) is 11.3 Å². The van der Waals surface area contributed by atoms with Crippen LogP contribution >= 0.6 is 11.3 Å². The topological polar surface area (TPSA) is 41.1 Å². The van der Waals surface area contributed by atoms with E-state index in [2.05, 4.69) is 52.4 Å². The Bertz CT molecular complexity index is 1030. The predicted molar refractivity (Wildman–Crippen MR) is 120 cm³/mol. The standard InChI is InChI=1S/C25H22N2OS/c28-25(27-22-10-5-2-6-11-22)21-15-13-19(14-16-21)18-26-24(23-12-7-17-29-23)20-8-3-1-4-9-20/h1-17,24,26H,18H2,(H,27,28)/t24-/m0/s1. The molecule has 1 atom stereocenters. The van der Waals surface area contributed by atoms with E-state index in [1.807, 2.05) is 60.7 Å². The number of hydrogen-bond donors (Lipinski definition) is 2. The molecule has 4 rings (SSSR count). The molecule has 0 radical (unpaired) electrons. The molecular weight excluding hydrogens is 376 g/mol. The lowest BCUT2D eigenvalue weighted by Crippen LogP contribution is -2.21. The molecule has 4 aromatic rings. The Kier molecular flexibility index (Phi) is 6.15. The van der Waals surface area contributed by atoms with Crippen LogP contribution in [0.3, 0.4) is 0 Å². The SMILES string of the molecule is O=C(Nc1ccccc1)c1ccc(CN[C@@H](c2ccccc2)c2cccs2)cc1. The summed E-state index contributed by atoms with van der Waals surface area (Å²) in [5, 5.41) is 8.67. The number of benzene rings is 3. The maximum Gasteiger partial charge on any atom is 0.255 e. The number of carbonyl (C=O) groups excluding carboxylic acids is 1. The minimum absolute atomic E-state index is 0.101. The van der Waals surface area contributed by atoms with Crippen LogP contribution in [0, 0.1) is 0 Å². The first-order valence-electron chi connectivity index (χ1n) is 9.57. The number of thiophene rings is 1. The van der Waals surface area contributed by atoms with Crippen LogP contribution in [-0.2, 0) is 6.54 Å². The van der Waals surface area contributed by atoms with Crippen LogP contribution in [0.25, 0.3) is 0 Å². The lowest BCUT2D eigenvalue weighted by atomic mass is 10.0.